The van der Waals surface area contributed by atoms with Crippen molar-refractivity contribution in [2.75, 3.05) is 0 Å². The number of aryl methyl sites for hydroxylation is 1. The van der Waals surface area contributed by atoms with Crippen LogP contribution in [0.25, 0.3) is 10.9 Å². The van der Waals surface area contributed by atoms with Gasteiger partial charge in [0.15, 0.2) is 0 Å². The van der Waals surface area contributed by atoms with Crippen LogP contribution in [0.15, 0.2) is 18.2 Å². The van der Waals surface area contributed by atoms with E-state index in [1.807, 2.05) is 25.2 Å². The normalized spacial score (nSPS) is 11.0. The highest BCUT2D eigenvalue weighted by atomic mass is 35.5. The SMILES string of the molecule is Cn1nc2cccc(Cl)c2c1CN. The van der Waals surface area contributed by atoms with Gasteiger partial charge in [0.25, 0.3) is 0 Å². The largest absolute Gasteiger partial charge is 0.325 e. The van der Waals surface area contributed by atoms with Crippen LogP contribution in [0.1, 0.15) is 5.69 Å². The molecular formula is C9H10ClN3. The highest BCUT2D eigenvalue weighted by molar-refractivity contribution is 6.35. The van der Waals surface area contributed by atoms with E-state index in [4.69, 9.17) is 17.3 Å². The van der Waals surface area contributed by atoms with E-state index in [0.717, 1.165) is 16.6 Å². The zero-order chi connectivity index (χ0) is 9.42. The predicted molar refractivity (Wildman–Crippen MR) is 53.6 cm³/mol. The van der Waals surface area contributed by atoms with Crippen LogP contribution >= 0.6 is 11.6 Å². The second kappa shape index (κ2) is 3.01. The lowest BCUT2D eigenvalue weighted by Gasteiger charge is -1.98. The monoisotopic (exact) mass is 195 g/mol. The minimum atomic E-state index is 0.455. The van der Waals surface area contributed by atoms with Crippen LogP contribution in [0.3, 0.4) is 0 Å². The molecule has 2 aromatic rings. The van der Waals surface area contributed by atoms with Crippen LogP contribution in [0, 0.1) is 0 Å². The van der Waals surface area contributed by atoms with E-state index in [1.165, 1.54) is 0 Å². The summed E-state index contributed by atoms with van der Waals surface area (Å²) in [4.78, 5) is 0. The fourth-order valence-corrected chi connectivity index (χ4v) is 1.78. The lowest BCUT2D eigenvalue weighted by Crippen LogP contribution is -2.04. The van der Waals surface area contributed by atoms with Gasteiger partial charge in [-0.1, -0.05) is 17.7 Å². The third-order valence-electron chi connectivity index (χ3n) is 2.12. The number of nitrogens with zero attached hydrogens (tertiary/aromatic N) is 2. The standard InChI is InChI=1S/C9H10ClN3/c1-13-8(5-11)9-6(10)3-2-4-7(9)12-13/h2-4H,5,11H2,1H3. The first kappa shape index (κ1) is 8.53. The fourth-order valence-electron chi connectivity index (χ4n) is 1.50. The Morgan fingerprint density at radius 1 is 1.54 bits per heavy atom. The molecule has 3 nitrogen and oxygen atoms in total. The summed E-state index contributed by atoms with van der Waals surface area (Å²) in [5.41, 5.74) is 7.48. The zero-order valence-electron chi connectivity index (χ0n) is 7.29. The van der Waals surface area contributed by atoms with Gasteiger partial charge in [0.1, 0.15) is 0 Å². The van der Waals surface area contributed by atoms with Gasteiger partial charge in [-0.15, -0.1) is 0 Å². The van der Waals surface area contributed by atoms with Crippen LogP contribution in [0.2, 0.25) is 5.02 Å². The molecule has 0 aliphatic carbocycles. The van der Waals surface area contributed by atoms with Gasteiger partial charge in [-0.05, 0) is 12.1 Å². The average Bonchev–Trinajstić information content (AvgIpc) is 2.42. The summed E-state index contributed by atoms with van der Waals surface area (Å²) in [6, 6.07) is 5.67. The Kier molecular flexibility index (Phi) is 1.98. The molecule has 1 aromatic heterocycles. The Balaban J connectivity index is 2.88. The molecule has 0 amide bonds. The lowest BCUT2D eigenvalue weighted by molar-refractivity contribution is 0.722. The van der Waals surface area contributed by atoms with Crippen LogP contribution in [-0.4, -0.2) is 9.78 Å². The zero-order valence-corrected chi connectivity index (χ0v) is 8.04. The van der Waals surface area contributed by atoms with E-state index < -0.39 is 0 Å². The van der Waals surface area contributed by atoms with Crippen molar-refractivity contribution >= 4 is 22.5 Å². The topological polar surface area (TPSA) is 43.8 Å². The Morgan fingerprint density at radius 3 is 3.00 bits per heavy atom. The number of hydrogen-bond donors (Lipinski definition) is 1. The molecule has 2 rings (SSSR count). The molecule has 0 aliphatic heterocycles. The molecule has 2 N–H and O–H groups in total. The molecule has 1 heterocycles. The number of hydrogen-bond acceptors (Lipinski definition) is 2. The molecule has 0 aliphatic rings. The van der Waals surface area contributed by atoms with Crippen molar-refractivity contribution in [1.29, 1.82) is 0 Å². The van der Waals surface area contributed by atoms with E-state index in [1.54, 1.807) is 4.68 Å². The summed E-state index contributed by atoms with van der Waals surface area (Å²) in [5, 5.41) is 5.98. The second-order valence-corrected chi connectivity index (χ2v) is 3.32. The van der Waals surface area contributed by atoms with Crippen molar-refractivity contribution in [2.45, 2.75) is 6.54 Å². The summed E-state index contributed by atoms with van der Waals surface area (Å²) in [5.74, 6) is 0. The fraction of sp³-hybridized carbons (Fsp3) is 0.222. The summed E-state index contributed by atoms with van der Waals surface area (Å²) in [6.45, 7) is 0.455. The van der Waals surface area contributed by atoms with Crippen molar-refractivity contribution in [3.63, 3.8) is 0 Å². The highest BCUT2D eigenvalue weighted by Gasteiger charge is 2.09. The van der Waals surface area contributed by atoms with E-state index in [-0.39, 0.29) is 0 Å². The van der Waals surface area contributed by atoms with Gasteiger partial charge in [-0.3, -0.25) is 4.68 Å². The molecule has 1 aromatic carbocycles. The maximum atomic E-state index is 6.05. The summed E-state index contributed by atoms with van der Waals surface area (Å²) >= 11 is 6.05. The summed E-state index contributed by atoms with van der Waals surface area (Å²) < 4.78 is 1.77. The molecule has 0 unspecified atom stereocenters. The number of fused-ring (bicyclic) bond motifs is 1. The van der Waals surface area contributed by atoms with Gasteiger partial charge in [0.2, 0.25) is 0 Å². The second-order valence-electron chi connectivity index (χ2n) is 2.91. The smallest absolute Gasteiger partial charge is 0.0941 e. The van der Waals surface area contributed by atoms with Crippen molar-refractivity contribution in [2.24, 2.45) is 12.8 Å². The summed E-state index contributed by atoms with van der Waals surface area (Å²) in [7, 11) is 1.87. The molecule has 0 saturated heterocycles. The minimum absolute atomic E-state index is 0.455. The number of nitrogens with two attached hydrogens (primary N) is 1. The first-order valence-corrected chi connectivity index (χ1v) is 4.42. The van der Waals surface area contributed by atoms with Gasteiger partial charge < -0.3 is 5.73 Å². The van der Waals surface area contributed by atoms with Crippen molar-refractivity contribution < 1.29 is 0 Å². The van der Waals surface area contributed by atoms with Crippen LogP contribution < -0.4 is 5.73 Å². The van der Waals surface area contributed by atoms with E-state index in [9.17, 15) is 0 Å². The lowest BCUT2D eigenvalue weighted by atomic mass is 10.2. The predicted octanol–water partition coefficient (Wildman–Crippen LogP) is 1.69. The van der Waals surface area contributed by atoms with E-state index in [2.05, 4.69) is 5.10 Å². The van der Waals surface area contributed by atoms with E-state index >= 15 is 0 Å². The Morgan fingerprint density at radius 2 is 2.31 bits per heavy atom. The molecule has 0 spiro atoms. The third kappa shape index (κ3) is 1.20. The molecule has 0 saturated carbocycles. The molecule has 0 bridgehead atoms. The number of halogens is 1. The van der Waals surface area contributed by atoms with Gasteiger partial charge in [-0.25, -0.2) is 0 Å². The highest BCUT2D eigenvalue weighted by Crippen LogP contribution is 2.25. The van der Waals surface area contributed by atoms with Crippen LogP contribution in [0.4, 0.5) is 0 Å². The Hall–Kier alpha value is -1.06. The van der Waals surface area contributed by atoms with Crippen molar-refractivity contribution in [3.05, 3.63) is 28.9 Å². The number of aromatic nitrogens is 2. The molecule has 68 valence electrons. The molecule has 4 heteroatoms. The van der Waals surface area contributed by atoms with Crippen molar-refractivity contribution in [3.8, 4) is 0 Å². The molecule has 13 heavy (non-hydrogen) atoms. The third-order valence-corrected chi connectivity index (χ3v) is 2.44. The number of rotatable bonds is 1. The molecule has 0 fully saturated rings. The van der Waals surface area contributed by atoms with Gasteiger partial charge >= 0.3 is 0 Å². The number of benzene rings is 1. The first-order valence-electron chi connectivity index (χ1n) is 4.04. The maximum Gasteiger partial charge on any atom is 0.0941 e. The van der Waals surface area contributed by atoms with Gasteiger partial charge in [0.05, 0.1) is 16.2 Å². The molecule has 0 atom stereocenters. The molecule has 0 radical (unpaired) electrons. The minimum Gasteiger partial charge on any atom is -0.325 e. The van der Waals surface area contributed by atoms with E-state index in [0.29, 0.717) is 11.6 Å². The molecular weight excluding hydrogens is 186 g/mol. The quantitative estimate of drug-likeness (QED) is 0.753. The Labute approximate surface area is 81.1 Å². The van der Waals surface area contributed by atoms with Gasteiger partial charge in [-0.2, -0.15) is 5.10 Å². The first-order chi connectivity index (χ1) is 6.24. The average molecular weight is 196 g/mol. The van der Waals surface area contributed by atoms with Crippen molar-refractivity contribution in [1.82, 2.24) is 9.78 Å². The maximum absolute atomic E-state index is 6.05. The van der Waals surface area contributed by atoms with Crippen LogP contribution in [0.5, 0.6) is 0 Å². The Bertz CT molecular complexity index is 447. The van der Waals surface area contributed by atoms with Crippen LogP contribution in [-0.2, 0) is 13.6 Å². The van der Waals surface area contributed by atoms with Gasteiger partial charge in [0, 0.05) is 19.0 Å². The summed E-state index contributed by atoms with van der Waals surface area (Å²) in [6.07, 6.45) is 0.